The Balaban J connectivity index is 2.42. The van der Waals surface area contributed by atoms with Gasteiger partial charge in [-0.15, -0.1) is 16.4 Å². The van der Waals surface area contributed by atoms with Crippen molar-refractivity contribution in [2.24, 2.45) is 0 Å². The normalized spacial score (nSPS) is 11.2. The number of thiophene rings is 1. The SMILES string of the molecule is Cc1nc(-n2nnnc2C)c2c(C)csc2n1. The van der Waals surface area contributed by atoms with Crippen molar-refractivity contribution < 1.29 is 0 Å². The molecule has 3 heterocycles. The molecule has 0 saturated carbocycles. The Labute approximate surface area is 101 Å². The van der Waals surface area contributed by atoms with Crippen LogP contribution in [0.25, 0.3) is 16.0 Å². The summed E-state index contributed by atoms with van der Waals surface area (Å²) in [5, 5.41) is 14.6. The lowest BCUT2D eigenvalue weighted by atomic mass is 10.2. The first-order chi connectivity index (χ1) is 8.16. The fraction of sp³-hybridized carbons (Fsp3) is 0.300. The number of tetrazole rings is 1. The largest absolute Gasteiger partial charge is 0.222 e. The molecule has 0 aliphatic heterocycles. The van der Waals surface area contributed by atoms with Crippen LogP contribution in [0.4, 0.5) is 0 Å². The van der Waals surface area contributed by atoms with E-state index >= 15 is 0 Å². The molecule has 0 fully saturated rings. The molecule has 0 spiro atoms. The van der Waals surface area contributed by atoms with Crippen LogP contribution >= 0.6 is 11.3 Å². The number of aromatic nitrogens is 6. The Morgan fingerprint density at radius 1 is 1.18 bits per heavy atom. The van der Waals surface area contributed by atoms with Crippen LogP contribution in [-0.4, -0.2) is 30.2 Å². The Morgan fingerprint density at radius 2 is 2.00 bits per heavy atom. The second-order valence-electron chi connectivity index (χ2n) is 3.83. The molecular weight excluding hydrogens is 236 g/mol. The van der Waals surface area contributed by atoms with Crippen molar-refractivity contribution in [1.82, 2.24) is 30.2 Å². The number of hydrogen-bond acceptors (Lipinski definition) is 6. The summed E-state index contributed by atoms with van der Waals surface area (Å²) in [6.45, 7) is 5.77. The minimum atomic E-state index is 0.718. The van der Waals surface area contributed by atoms with E-state index in [-0.39, 0.29) is 0 Å². The number of nitrogens with zero attached hydrogens (tertiary/aromatic N) is 6. The number of hydrogen-bond donors (Lipinski definition) is 0. The first kappa shape index (κ1) is 10.3. The lowest BCUT2D eigenvalue weighted by Crippen LogP contribution is -2.05. The molecule has 0 aromatic carbocycles. The van der Waals surface area contributed by atoms with Crippen molar-refractivity contribution >= 4 is 21.6 Å². The molecule has 0 aliphatic carbocycles. The van der Waals surface area contributed by atoms with Crippen molar-refractivity contribution in [2.45, 2.75) is 20.8 Å². The van der Waals surface area contributed by atoms with Gasteiger partial charge >= 0.3 is 0 Å². The average molecular weight is 246 g/mol. The third kappa shape index (κ3) is 1.50. The lowest BCUT2D eigenvalue weighted by Gasteiger charge is -2.04. The van der Waals surface area contributed by atoms with Crippen LogP contribution in [0.1, 0.15) is 17.2 Å². The molecule has 6 nitrogen and oxygen atoms in total. The molecule has 3 aromatic rings. The van der Waals surface area contributed by atoms with Crippen LogP contribution in [0, 0.1) is 20.8 Å². The quantitative estimate of drug-likeness (QED) is 0.652. The maximum Gasteiger partial charge on any atom is 0.169 e. The van der Waals surface area contributed by atoms with Gasteiger partial charge in [0, 0.05) is 0 Å². The van der Waals surface area contributed by atoms with E-state index in [2.05, 4.69) is 30.9 Å². The predicted octanol–water partition coefficient (Wildman–Crippen LogP) is 1.59. The topological polar surface area (TPSA) is 69.4 Å². The standard InChI is InChI=1S/C10H10N6S/c1-5-4-17-10-8(5)9(11-6(2)12-10)16-7(3)13-14-15-16/h4H,1-3H3. The van der Waals surface area contributed by atoms with Crippen molar-refractivity contribution in [3.8, 4) is 5.82 Å². The van der Waals surface area contributed by atoms with Crippen molar-refractivity contribution in [3.05, 3.63) is 22.6 Å². The summed E-state index contributed by atoms with van der Waals surface area (Å²) in [6.07, 6.45) is 0. The molecule has 0 atom stereocenters. The summed E-state index contributed by atoms with van der Waals surface area (Å²) in [7, 11) is 0. The molecule has 0 bridgehead atoms. The maximum absolute atomic E-state index is 4.45. The number of aryl methyl sites for hydroxylation is 3. The van der Waals surface area contributed by atoms with E-state index in [1.165, 1.54) is 0 Å². The van der Waals surface area contributed by atoms with Crippen molar-refractivity contribution in [2.75, 3.05) is 0 Å². The fourth-order valence-electron chi connectivity index (χ4n) is 1.75. The number of rotatable bonds is 1. The van der Waals surface area contributed by atoms with E-state index < -0.39 is 0 Å². The molecule has 0 amide bonds. The second-order valence-corrected chi connectivity index (χ2v) is 4.69. The third-order valence-electron chi connectivity index (χ3n) is 2.54. The van der Waals surface area contributed by atoms with Gasteiger partial charge in [-0.25, -0.2) is 9.97 Å². The Morgan fingerprint density at radius 3 is 2.71 bits per heavy atom. The summed E-state index contributed by atoms with van der Waals surface area (Å²) < 4.78 is 1.65. The van der Waals surface area contributed by atoms with E-state index in [1.54, 1.807) is 16.0 Å². The van der Waals surface area contributed by atoms with Gasteiger partial charge in [0.1, 0.15) is 10.7 Å². The maximum atomic E-state index is 4.45. The Hall–Kier alpha value is -1.89. The van der Waals surface area contributed by atoms with Gasteiger partial charge in [-0.2, -0.15) is 4.68 Å². The average Bonchev–Trinajstić information content (AvgIpc) is 2.85. The van der Waals surface area contributed by atoms with Crippen LogP contribution in [0.5, 0.6) is 0 Å². The highest BCUT2D eigenvalue weighted by Gasteiger charge is 2.14. The summed E-state index contributed by atoms with van der Waals surface area (Å²) in [4.78, 5) is 9.85. The molecule has 7 heteroatoms. The molecule has 3 aromatic heterocycles. The van der Waals surface area contributed by atoms with Crippen molar-refractivity contribution in [3.63, 3.8) is 0 Å². The summed E-state index contributed by atoms with van der Waals surface area (Å²) in [6, 6.07) is 0. The van der Waals surface area contributed by atoms with Gasteiger partial charge in [0.25, 0.3) is 0 Å². The van der Waals surface area contributed by atoms with E-state index in [0.717, 1.165) is 33.2 Å². The predicted molar refractivity (Wildman–Crippen MR) is 64.3 cm³/mol. The highest BCUT2D eigenvalue weighted by molar-refractivity contribution is 7.17. The van der Waals surface area contributed by atoms with Gasteiger partial charge in [0.05, 0.1) is 5.39 Å². The monoisotopic (exact) mass is 246 g/mol. The first-order valence-electron chi connectivity index (χ1n) is 5.14. The summed E-state index contributed by atoms with van der Waals surface area (Å²) >= 11 is 1.61. The molecule has 0 saturated heterocycles. The molecule has 0 radical (unpaired) electrons. The van der Waals surface area contributed by atoms with E-state index in [0.29, 0.717) is 0 Å². The molecule has 0 unspecified atom stereocenters. The zero-order valence-electron chi connectivity index (χ0n) is 9.67. The van der Waals surface area contributed by atoms with Crippen LogP contribution < -0.4 is 0 Å². The van der Waals surface area contributed by atoms with E-state index in [9.17, 15) is 0 Å². The zero-order chi connectivity index (χ0) is 12.0. The van der Waals surface area contributed by atoms with E-state index in [1.807, 2.05) is 20.8 Å². The van der Waals surface area contributed by atoms with E-state index in [4.69, 9.17) is 0 Å². The van der Waals surface area contributed by atoms with Gasteiger partial charge in [0.15, 0.2) is 11.6 Å². The van der Waals surface area contributed by atoms with Gasteiger partial charge in [-0.1, -0.05) is 0 Å². The summed E-state index contributed by atoms with van der Waals surface area (Å²) in [5.41, 5.74) is 1.15. The molecule has 3 rings (SSSR count). The highest BCUT2D eigenvalue weighted by atomic mass is 32.1. The number of fused-ring (bicyclic) bond motifs is 1. The Bertz CT molecular complexity index is 698. The fourth-order valence-corrected chi connectivity index (χ4v) is 2.71. The van der Waals surface area contributed by atoms with Crippen molar-refractivity contribution in [1.29, 1.82) is 0 Å². The third-order valence-corrected chi connectivity index (χ3v) is 3.53. The molecule has 0 N–H and O–H groups in total. The van der Waals surface area contributed by atoms with Gasteiger partial charge in [-0.3, -0.25) is 0 Å². The van der Waals surface area contributed by atoms with Crippen LogP contribution in [0.3, 0.4) is 0 Å². The lowest BCUT2D eigenvalue weighted by molar-refractivity contribution is 0.759. The minimum absolute atomic E-state index is 0.718. The van der Waals surface area contributed by atoms with Gasteiger partial charge < -0.3 is 0 Å². The van der Waals surface area contributed by atoms with Gasteiger partial charge in [-0.05, 0) is 42.1 Å². The second kappa shape index (κ2) is 3.56. The molecular formula is C10H10N6S. The van der Waals surface area contributed by atoms with Gasteiger partial charge in [0.2, 0.25) is 0 Å². The molecule has 86 valence electrons. The van der Waals surface area contributed by atoms with Crippen LogP contribution in [-0.2, 0) is 0 Å². The minimum Gasteiger partial charge on any atom is -0.222 e. The smallest absolute Gasteiger partial charge is 0.169 e. The zero-order valence-corrected chi connectivity index (χ0v) is 10.5. The van der Waals surface area contributed by atoms with Crippen LogP contribution in [0.15, 0.2) is 5.38 Å². The first-order valence-corrected chi connectivity index (χ1v) is 6.02. The summed E-state index contributed by atoms with van der Waals surface area (Å²) in [5.74, 6) is 2.20. The Kier molecular flexibility index (Phi) is 2.15. The van der Waals surface area contributed by atoms with Crippen LogP contribution in [0.2, 0.25) is 0 Å². The highest BCUT2D eigenvalue weighted by Crippen LogP contribution is 2.28. The molecule has 0 aliphatic rings. The molecule has 17 heavy (non-hydrogen) atoms.